The van der Waals surface area contributed by atoms with Gasteiger partial charge in [-0.1, -0.05) is 32.0 Å². The fourth-order valence-electron chi connectivity index (χ4n) is 2.93. The molecule has 0 aliphatic carbocycles. The van der Waals surface area contributed by atoms with Crippen molar-refractivity contribution < 1.29 is 17.9 Å². The summed E-state index contributed by atoms with van der Waals surface area (Å²) < 4.78 is 32.8. The maximum absolute atomic E-state index is 12.7. The monoisotopic (exact) mass is 383 g/mol. The van der Waals surface area contributed by atoms with Crippen molar-refractivity contribution in [3.05, 3.63) is 29.8 Å². The Morgan fingerprint density at radius 2 is 1.65 bits per heavy atom. The van der Waals surface area contributed by atoms with E-state index in [1.54, 1.807) is 11.8 Å². The third-order valence-corrected chi connectivity index (χ3v) is 6.47. The molecule has 8 heteroatoms. The molecule has 0 bridgehead atoms. The van der Waals surface area contributed by atoms with E-state index in [2.05, 4.69) is 13.8 Å². The lowest BCUT2D eigenvalue weighted by molar-refractivity contribution is -0.139. The smallest absolute Gasteiger partial charge is 0.281 e. The number of ether oxygens (including phenoxy) is 1. The van der Waals surface area contributed by atoms with Gasteiger partial charge in [0.05, 0.1) is 0 Å². The molecule has 1 aliphatic heterocycles. The van der Waals surface area contributed by atoms with Crippen LogP contribution in [-0.4, -0.2) is 74.2 Å². The first-order chi connectivity index (χ1) is 12.1. The molecule has 2 rings (SSSR count). The molecule has 1 fully saturated rings. The van der Waals surface area contributed by atoms with Gasteiger partial charge < -0.3 is 9.64 Å². The number of piperazine rings is 1. The molecule has 0 spiro atoms. The van der Waals surface area contributed by atoms with E-state index in [0.29, 0.717) is 32.1 Å². The Morgan fingerprint density at radius 3 is 2.19 bits per heavy atom. The van der Waals surface area contributed by atoms with Gasteiger partial charge in [-0.2, -0.15) is 17.0 Å². The minimum Gasteiger partial charge on any atom is -0.481 e. The van der Waals surface area contributed by atoms with E-state index in [1.807, 2.05) is 24.3 Å². The van der Waals surface area contributed by atoms with Crippen molar-refractivity contribution in [1.82, 2.24) is 13.5 Å². The fourth-order valence-corrected chi connectivity index (χ4v) is 4.02. The van der Waals surface area contributed by atoms with E-state index in [1.165, 1.54) is 22.7 Å². The van der Waals surface area contributed by atoms with Crippen LogP contribution in [0, 0.1) is 0 Å². The number of hydrogen-bond donors (Lipinski definition) is 0. The maximum atomic E-state index is 12.7. The lowest BCUT2D eigenvalue weighted by Gasteiger charge is -2.36. The van der Waals surface area contributed by atoms with Crippen LogP contribution in [0.5, 0.6) is 5.75 Å². The predicted octanol–water partition coefficient (Wildman–Crippen LogP) is 1.53. The number of hydrogen-bond acceptors (Lipinski definition) is 4. The van der Waals surface area contributed by atoms with Crippen LogP contribution in [0.3, 0.4) is 0 Å². The average molecular weight is 384 g/mol. The summed E-state index contributed by atoms with van der Waals surface area (Å²) in [6.07, 6.45) is -0.619. The van der Waals surface area contributed by atoms with Gasteiger partial charge in [0.25, 0.3) is 16.1 Å². The number of benzene rings is 1. The number of para-hydroxylation sites is 1. The Balaban J connectivity index is 1.98. The summed E-state index contributed by atoms with van der Waals surface area (Å²) in [5, 5.41) is 0. The molecule has 7 nitrogen and oxygen atoms in total. The van der Waals surface area contributed by atoms with Crippen LogP contribution in [0.2, 0.25) is 0 Å². The van der Waals surface area contributed by atoms with Crippen LogP contribution in [0.15, 0.2) is 24.3 Å². The van der Waals surface area contributed by atoms with Crippen LogP contribution in [0.4, 0.5) is 0 Å². The molecule has 26 heavy (non-hydrogen) atoms. The standard InChI is InChI=1S/C18H29N3O4S/c1-14(2)16-8-6-7-9-17(16)25-15(3)18(22)20-10-12-21(13-11-20)26(23,24)19(4)5/h6-9,14-15H,10-13H2,1-5H3. The quantitative estimate of drug-likeness (QED) is 0.747. The summed E-state index contributed by atoms with van der Waals surface area (Å²) in [6, 6.07) is 7.73. The van der Waals surface area contributed by atoms with Gasteiger partial charge in [0.2, 0.25) is 0 Å². The number of rotatable bonds is 6. The molecular formula is C18H29N3O4S. The van der Waals surface area contributed by atoms with Crippen molar-refractivity contribution in [3.8, 4) is 5.75 Å². The molecule has 1 heterocycles. The largest absolute Gasteiger partial charge is 0.481 e. The second-order valence-electron chi connectivity index (χ2n) is 6.97. The topological polar surface area (TPSA) is 70.2 Å². The molecule has 0 saturated carbocycles. The zero-order valence-corrected chi connectivity index (χ0v) is 17.0. The van der Waals surface area contributed by atoms with Crippen LogP contribution in [0.1, 0.15) is 32.3 Å². The van der Waals surface area contributed by atoms with Gasteiger partial charge in [0, 0.05) is 40.3 Å². The van der Waals surface area contributed by atoms with Crippen LogP contribution < -0.4 is 4.74 Å². The van der Waals surface area contributed by atoms with E-state index >= 15 is 0 Å². The lowest BCUT2D eigenvalue weighted by Crippen LogP contribution is -2.55. The second kappa shape index (κ2) is 8.37. The Hall–Kier alpha value is -1.64. The molecular weight excluding hydrogens is 354 g/mol. The number of amides is 1. The van der Waals surface area contributed by atoms with Crippen LogP contribution in [0.25, 0.3) is 0 Å². The molecule has 1 amide bonds. The van der Waals surface area contributed by atoms with Crippen molar-refractivity contribution >= 4 is 16.1 Å². The Kier molecular flexibility index (Phi) is 6.65. The zero-order valence-electron chi connectivity index (χ0n) is 16.2. The molecule has 1 aromatic rings. The Labute approximate surface area is 156 Å². The van der Waals surface area contributed by atoms with Crippen molar-refractivity contribution in [2.24, 2.45) is 0 Å². The van der Waals surface area contributed by atoms with Crippen molar-refractivity contribution in [2.75, 3.05) is 40.3 Å². The predicted molar refractivity (Wildman–Crippen MR) is 101 cm³/mol. The summed E-state index contributed by atoms with van der Waals surface area (Å²) in [5.74, 6) is 0.899. The minimum atomic E-state index is -3.44. The van der Waals surface area contributed by atoms with Crippen LogP contribution >= 0.6 is 0 Å². The molecule has 1 unspecified atom stereocenters. The molecule has 0 aromatic heterocycles. The highest BCUT2D eigenvalue weighted by Gasteiger charge is 2.32. The molecule has 146 valence electrons. The fraction of sp³-hybridized carbons (Fsp3) is 0.611. The summed E-state index contributed by atoms with van der Waals surface area (Å²) in [4.78, 5) is 14.4. The third kappa shape index (κ3) is 4.55. The molecule has 0 N–H and O–H groups in total. The highest BCUT2D eigenvalue weighted by molar-refractivity contribution is 7.86. The van der Waals surface area contributed by atoms with E-state index in [9.17, 15) is 13.2 Å². The third-order valence-electron chi connectivity index (χ3n) is 4.53. The normalized spacial score (nSPS) is 17.6. The molecule has 1 saturated heterocycles. The van der Waals surface area contributed by atoms with Crippen molar-refractivity contribution in [3.63, 3.8) is 0 Å². The minimum absolute atomic E-state index is 0.120. The average Bonchev–Trinajstić information content (AvgIpc) is 2.61. The van der Waals surface area contributed by atoms with Gasteiger partial charge in [0.1, 0.15) is 5.75 Å². The van der Waals surface area contributed by atoms with E-state index in [-0.39, 0.29) is 5.91 Å². The number of carbonyl (C=O) groups is 1. The molecule has 0 radical (unpaired) electrons. The highest BCUT2D eigenvalue weighted by Crippen LogP contribution is 2.27. The first-order valence-electron chi connectivity index (χ1n) is 8.86. The maximum Gasteiger partial charge on any atom is 0.281 e. The number of carbonyl (C=O) groups excluding carboxylic acids is 1. The molecule has 1 aliphatic rings. The van der Waals surface area contributed by atoms with Gasteiger partial charge in [-0.15, -0.1) is 0 Å². The van der Waals surface area contributed by atoms with Gasteiger partial charge in [-0.3, -0.25) is 4.79 Å². The summed E-state index contributed by atoms with van der Waals surface area (Å²) in [6.45, 7) is 7.22. The molecule has 1 aromatic carbocycles. The van der Waals surface area contributed by atoms with Gasteiger partial charge in [0.15, 0.2) is 6.10 Å². The first-order valence-corrected chi connectivity index (χ1v) is 10.3. The summed E-state index contributed by atoms with van der Waals surface area (Å²) >= 11 is 0. The van der Waals surface area contributed by atoms with Gasteiger partial charge >= 0.3 is 0 Å². The highest BCUT2D eigenvalue weighted by atomic mass is 32.2. The van der Waals surface area contributed by atoms with Gasteiger partial charge in [-0.05, 0) is 24.5 Å². The van der Waals surface area contributed by atoms with Crippen molar-refractivity contribution in [2.45, 2.75) is 32.8 Å². The summed E-state index contributed by atoms with van der Waals surface area (Å²) in [7, 11) is -0.418. The zero-order chi connectivity index (χ0) is 19.5. The SMILES string of the molecule is CC(Oc1ccccc1C(C)C)C(=O)N1CCN(S(=O)(=O)N(C)C)CC1. The van der Waals surface area contributed by atoms with E-state index < -0.39 is 16.3 Å². The Morgan fingerprint density at radius 1 is 1.08 bits per heavy atom. The van der Waals surface area contributed by atoms with Gasteiger partial charge in [-0.25, -0.2) is 0 Å². The van der Waals surface area contributed by atoms with Crippen LogP contribution in [-0.2, 0) is 15.0 Å². The first kappa shape index (κ1) is 20.7. The summed E-state index contributed by atoms with van der Waals surface area (Å²) in [5.41, 5.74) is 1.06. The molecule has 1 atom stereocenters. The van der Waals surface area contributed by atoms with E-state index in [0.717, 1.165) is 11.3 Å². The lowest BCUT2D eigenvalue weighted by atomic mass is 10.0. The second-order valence-corrected chi connectivity index (χ2v) is 9.11. The Bertz CT molecular complexity index is 726. The number of nitrogens with zero attached hydrogens (tertiary/aromatic N) is 3. The van der Waals surface area contributed by atoms with E-state index in [4.69, 9.17) is 4.74 Å². The van der Waals surface area contributed by atoms with Crippen molar-refractivity contribution in [1.29, 1.82) is 0 Å².